The summed E-state index contributed by atoms with van der Waals surface area (Å²) in [5.41, 5.74) is 6.72. The van der Waals surface area contributed by atoms with Crippen LogP contribution < -0.4 is 5.73 Å². The smallest absolute Gasteiger partial charge is 0.340 e. The van der Waals surface area contributed by atoms with E-state index in [0.29, 0.717) is 17.9 Å². The van der Waals surface area contributed by atoms with Crippen LogP contribution in [0.2, 0.25) is 0 Å². The van der Waals surface area contributed by atoms with Gasteiger partial charge in [-0.05, 0) is 18.6 Å². The van der Waals surface area contributed by atoms with Gasteiger partial charge in [-0.2, -0.15) is 0 Å². The molecule has 1 aromatic rings. The van der Waals surface area contributed by atoms with E-state index in [1.54, 1.807) is 18.2 Å². The molecule has 24 heavy (non-hydrogen) atoms. The summed E-state index contributed by atoms with van der Waals surface area (Å²) in [6.45, 7) is 2.75. The largest absolute Gasteiger partial charge is 0.462 e. The summed E-state index contributed by atoms with van der Waals surface area (Å²) < 4.78 is 5.28. The molecule has 0 aliphatic rings. The zero-order valence-electron chi connectivity index (χ0n) is 15.4. The summed E-state index contributed by atoms with van der Waals surface area (Å²) in [6.07, 6.45) is 15.6. The SMILES string of the molecule is CCCCCCCCCCCCCCOC(=O)c1ccccc1N. The van der Waals surface area contributed by atoms with Crippen LogP contribution in [0, 0.1) is 0 Å². The lowest BCUT2D eigenvalue weighted by molar-refractivity contribution is 0.0499. The summed E-state index contributed by atoms with van der Waals surface area (Å²) in [5.74, 6) is -0.309. The number of unbranched alkanes of at least 4 members (excludes halogenated alkanes) is 11. The molecule has 0 aliphatic heterocycles. The number of para-hydroxylation sites is 1. The van der Waals surface area contributed by atoms with Crippen molar-refractivity contribution in [3.8, 4) is 0 Å². The number of rotatable bonds is 14. The van der Waals surface area contributed by atoms with Crippen molar-refractivity contribution in [2.75, 3.05) is 12.3 Å². The fourth-order valence-electron chi connectivity index (χ4n) is 2.87. The minimum atomic E-state index is -0.309. The molecule has 0 radical (unpaired) electrons. The first-order valence-electron chi connectivity index (χ1n) is 9.77. The number of carbonyl (C=O) groups excluding carboxylic acids is 1. The van der Waals surface area contributed by atoms with Gasteiger partial charge in [-0.15, -0.1) is 0 Å². The first kappa shape index (κ1) is 20.5. The average Bonchev–Trinajstić information content (AvgIpc) is 2.59. The van der Waals surface area contributed by atoms with Crippen molar-refractivity contribution in [2.24, 2.45) is 0 Å². The minimum absolute atomic E-state index is 0.309. The Balaban J connectivity index is 1.89. The molecule has 0 aliphatic carbocycles. The molecule has 0 unspecified atom stereocenters. The lowest BCUT2D eigenvalue weighted by atomic mass is 10.1. The maximum absolute atomic E-state index is 11.9. The van der Waals surface area contributed by atoms with E-state index in [2.05, 4.69) is 6.92 Å². The third-order valence-corrected chi connectivity index (χ3v) is 4.41. The molecular weight excluding hydrogens is 298 g/mol. The highest BCUT2D eigenvalue weighted by Gasteiger charge is 2.09. The van der Waals surface area contributed by atoms with Gasteiger partial charge in [0.05, 0.1) is 12.2 Å². The van der Waals surface area contributed by atoms with Gasteiger partial charge in [0.25, 0.3) is 0 Å². The van der Waals surface area contributed by atoms with Gasteiger partial charge in [-0.1, -0.05) is 89.7 Å². The van der Waals surface area contributed by atoms with E-state index in [1.165, 1.54) is 64.2 Å². The van der Waals surface area contributed by atoms with E-state index >= 15 is 0 Å². The highest BCUT2D eigenvalue weighted by molar-refractivity contribution is 5.94. The van der Waals surface area contributed by atoms with Crippen LogP contribution in [-0.2, 0) is 4.74 Å². The number of benzene rings is 1. The minimum Gasteiger partial charge on any atom is -0.462 e. The molecule has 0 atom stereocenters. The molecule has 3 nitrogen and oxygen atoms in total. The normalized spacial score (nSPS) is 10.7. The number of hydrogen-bond donors (Lipinski definition) is 1. The van der Waals surface area contributed by atoms with Crippen molar-refractivity contribution in [3.63, 3.8) is 0 Å². The Morgan fingerprint density at radius 1 is 0.833 bits per heavy atom. The van der Waals surface area contributed by atoms with Crippen LogP contribution in [0.3, 0.4) is 0 Å². The quantitative estimate of drug-likeness (QED) is 0.253. The number of ether oxygens (including phenoxy) is 1. The summed E-state index contributed by atoms with van der Waals surface area (Å²) in [6, 6.07) is 7.05. The predicted octanol–water partition coefficient (Wildman–Crippen LogP) is 6.13. The van der Waals surface area contributed by atoms with E-state index in [4.69, 9.17) is 10.5 Å². The molecule has 0 aromatic heterocycles. The van der Waals surface area contributed by atoms with Crippen molar-refractivity contribution in [3.05, 3.63) is 29.8 Å². The standard InChI is InChI=1S/C21H35NO2/c1-2-3-4-5-6-7-8-9-10-11-12-15-18-24-21(23)19-16-13-14-17-20(19)22/h13-14,16-17H,2-12,15,18,22H2,1H3. The Labute approximate surface area is 148 Å². The third-order valence-electron chi connectivity index (χ3n) is 4.41. The fourth-order valence-corrected chi connectivity index (χ4v) is 2.87. The molecule has 0 amide bonds. The topological polar surface area (TPSA) is 52.3 Å². The molecule has 0 fully saturated rings. The number of nitrogens with two attached hydrogens (primary N) is 1. The van der Waals surface area contributed by atoms with Crippen LogP contribution >= 0.6 is 0 Å². The van der Waals surface area contributed by atoms with Gasteiger partial charge in [0.2, 0.25) is 0 Å². The maximum Gasteiger partial charge on any atom is 0.340 e. The van der Waals surface area contributed by atoms with Crippen LogP contribution in [0.5, 0.6) is 0 Å². The molecule has 0 spiro atoms. The molecule has 0 heterocycles. The monoisotopic (exact) mass is 333 g/mol. The Morgan fingerprint density at radius 3 is 1.88 bits per heavy atom. The molecule has 0 saturated carbocycles. The molecular formula is C21H35NO2. The van der Waals surface area contributed by atoms with Crippen molar-refractivity contribution >= 4 is 11.7 Å². The molecule has 2 N–H and O–H groups in total. The Bertz CT molecular complexity index is 445. The second-order valence-electron chi connectivity index (χ2n) is 6.61. The van der Waals surface area contributed by atoms with Gasteiger partial charge in [-0.25, -0.2) is 4.79 Å². The van der Waals surface area contributed by atoms with Crippen molar-refractivity contribution in [1.82, 2.24) is 0 Å². The second kappa shape index (κ2) is 13.9. The number of esters is 1. The molecule has 136 valence electrons. The van der Waals surface area contributed by atoms with E-state index in [1.807, 2.05) is 6.07 Å². The van der Waals surface area contributed by atoms with Crippen LogP contribution in [0.1, 0.15) is 94.3 Å². The number of hydrogen-bond acceptors (Lipinski definition) is 3. The summed E-state index contributed by atoms with van der Waals surface area (Å²) in [4.78, 5) is 11.9. The predicted molar refractivity (Wildman–Crippen MR) is 102 cm³/mol. The average molecular weight is 334 g/mol. The maximum atomic E-state index is 11.9. The molecule has 0 bridgehead atoms. The molecule has 0 saturated heterocycles. The van der Waals surface area contributed by atoms with Gasteiger partial charge in [0.15, 0.2) is 0 Å². The number of nitrogen functional groups attached to an aromatic ring is 1. The van der Waals surface area contributed by atoms with Crippen molar-refractivity contribution < 1.29 is 9.53 Å². The zero-order valence-corrected chi connectivity index (χ0v) is 15.4. The number of anilines is 1. The first-order valence-corrected chi connectivity index (χ1v) is 9.77. The van der Waals surface area contributed by atoms with Crippen LogP contribution in [0.25, 0.3) is 0 Å². The van der Waals surface area contributed by atoms with E-state index in [0.717, 1.165) is 12.8 Å². The molecule has 1 aromatic carbocycles. The van der Waals surface area contributed by atoms with E-state index in [-0.39, 0.29) is 5.97 Å². The van der Waals surface area contributed by atoms with Gasteiger partial charge in [-0.3, -0.25) is 0 Å². The van der Waals surface area contributed by atoms with Gasteiger partial charge >= 0.3 is 5.97 Å². The highest BCUT2D eigenvalue weighted by Crippen LogP contribution is 2.13. The summed E-state index contributed by atoms with van der Waals surface area (Å²) >= 11 is 0. The second-order valence-corrected chi connectivity index (χ2v) is 6.61. The van der Waals surface area contributed by atoms with Crippen LogP contribution in [0.15, 0.2) is 24.3 Å². The zero-order chi connectivity index (χ0) is 17.5. The fraction of sp³-hybridized carbons (Fsp3) is 0.667. The van der Waals surface area contributed by atoms with Gasteiger partial charge in [0.1, 0.15) is 0 Å². The lowest BCUT2D eigenvalue weighted by Crippen LogP contribution is -2.09. The molecule has 3 heteroatoms. The van der Waals surface area contributed by atoms with Gasteiger partial charge < -0.3 is 10.5 Å². The Morgan fingerprint density at radius 2 is 1.33 bits per heavy atom. The van der Waals surface area contributed by atoms with E-state index < -0.39 is 0 Å². The first-order chi connectivity index (χ1) is 11.8. The van der Waals surface area contributed by atoms with Gasteiger partial charge in [0, 0.05) is 5.69 Å². The lowest BCUT2D eigenvalue weighted by Gasteiger charge is -2.07. The third kappa shape index (κ3) is 9.59. The highest BCUT2D eigenvalue weighted by atomic mass is 16.5. The Kier molecular flexibility index (Phi) is 11.9. The van der Waals surface area contributed by atoms with Crippen molar-refractivity contribution in [1.29, 1.82) is 0 Å². The number of carbonyl (C=O) groups is 1. The van der Waals surface area contributed by atoms with E-state index in [9.17, 15) is 4.79 Å². The van der Waals surface area contributed by atoms with Crippen LogP contribution in [0.4, 0.5) is 5.69 Å². The summed E-state index contributed by atoms with van der Waals surface area (Å²) in [7, 11) is 0. The molecule has 1 rings (SSSR count). The van der Waals surface area contributed by atoms with Crippen molar-refractivity contribution in [2.45, 2.75) is 84.0 Å². The van der Waals surface area contributed by atoms with Crippen LogP contribution in [-0.4, -0.2) is 12.6 Å². The Hall–Kier alpha value is -1.51. The summed E-state index contributed by atoms with van der Waals surface area (Å²) in [5, 5.41) is 0.